The van der Waals surface area contributed by atoms with E-state index >= 15 is 0 Å². The number of aromatic nitrogens is 1. The zero-order chi connectivity index (χ0) is 11.8. The monoisotopic (exact) mass is 246 g/mol. The van der Waals surface area contributed by atoms with Crippen molar-refractivity contribution in [1.82, 2.24) is 4.98 Å². The Morgan fingerprint density at radius 2 is 1.87 bits per heavy atom. The largest absolute Gasteiger partial charge is 0.433 e. The normalized spacial score (nSPS) is 12.2. The van der Waals surface area contributed by atoms with E-state index in [1.807, 2.05) is 0 Å². The summed E-state index contributed by atoms with van der Waals surface area (Å²) in [6, 6.07) is 0.470. The highest BCUT2D eigenvalue weighted by molar-refractivity contribution is 6.32. The van der Waals surface area contributed by atoms with E-state index in [4.69, 9.17) is 17.3 Å². The number of hydrogen-bond donors (Lipinski definition) is 1. The molecule has 84 valence electrons. The molecule has 1 rings (SSSR count). The number of halogens is 6. The lowest BCUT2D eigenvalue weighted by Gasteiger charge is -2.12. The van der Waals surface area contributed by atoms with Crippen LogP contribution in [0.25, 0.3) is 0 Å². The molecule has 0 saturated carbocycles. The minimum Gasteiger partial charge on any atom is -0.382 e. The molecule has 1 heterocycles. The van der Waals surface area contributed by atoms with Crippen molar-refractivity contribution in [1.29, 1.82) is 0 Å². The third-order valence-corrected chi connectivity index (χ3v) is 1.84. The number of rotatable bonds is 1. The lowest BCUT2D eigenvalue weighted by molar-refractivity contribution is -0.143. The Labute approximate surface area is 85.9 Å². The molecule has 0 aliphatic heterocycles. The molecule has 0 aromatic carbocycles. The molecule has 15 heavy (non-hydrogen) atoms. The van der Waals surface area contributed by atoms with Crippen LogP contribution in [-0.4, -0.2) is 4.98 Å². The third kappa shape index (κ3) is 2.47. The van der Waals surface area contributed by atoms with Crippen LogP contribution in [0.4, 0.5) is 27.8 Å². The summed E-state index contributed by atoms with van der Waals surface area (Å²) in [5.41, 5.74) is 2.01. The highest BCUT2D eigenvalue weighted by atomic mass is 35.5. The predicted molar refractivity (Wildman–Crippen MR) is 43.6 cm³/mol. The number of nitrogen functional groups attached to an aromatic ring is 1. The van der Waals surface area contributed by atoms with Crippen LogP contribution in [0.1, 0.15) is 17.7 Å². The molecular weight excluding hydrogens is 243 g/mol. The number of nitrogens with two attached hydrogens (primary N) is 1. The van der Waals surface area contributed by atoms with Crippen molar-refractivity contribution in [2.75, 3.05) is 5.73 Å². The maximum Gasteiger partial charge on any atom is 0.433 e. The maximum absolute atomic E-state index is 12.2. The minimum absolute atomic E-state index is 0.432. The highest BCUT2D eigenvalue weighted by Crippen LogP contribution is 2.37. The van der Waals surface area contributed by atoms with Crippen LogP contribution in [0.3, 0.4) is 0 Å². The van der Waals surface area contributed by atoms with Gasteiger partial charge in [0.05, 0.1) is 10.6 Å². The lowest BCUT2D eigenvalue weighted by atomic mass is 10.2. The van der Waals surface area contributed by atoms with Gasteiger partial charge in [0.1, 0.15) is 5.82 Å². The number of anilines is 1. The number of nitrogens with zero attached hydrogens (tertiary/aromatic N) is 1. The summed E-state index contributed by atoms with van der Waals surface area (Å²) in [6.45, 7) is 0. The summed E-state index contributed by atoms with van der Waals surface area (Å²) in [5, 5.41) is -0.432. The Morgan fingerprint density at radius 1 is 1.33 bits per heavy atom. The van der Waals surface area contributed by atoms with Gasteiger partial charge < -0.3 is 5.73 Å². The van der Waals surface area contributed by atoms with Crippen LogP contribution >= 0.6 is 11.6 Å². The second kappa shape index (κ2) is 3.80. The van der Waals surface area contributed by atoms with E-state index in [9.17, 15) is 22.0 Å². The summed E-state index contributed by atoms with van der Waals surface area (Å²) in [6.07, 6.45) is -8.29. The molecule has 2 nitrogen and oxygen atoms in total. The van der Waals surface area contributed by atoms with Crippen LogP contribution in [0.5, 0.6) is 0 Å². The average molecular weight is 247 g/mol. The average Bonchev–Trinajstić information content (AvgIpc) is 2.06. The second-order valence-corrected chi connectivity index (χ2v) is 3.00. The molecule has 1 aromatic rings. The smallest absolute Gasteiger partial charge is 0.382 e. The van der Waals surface area contributed by atoms with Gasteiger partial charge in [0.2, 0.25) is 0 Å². The van der Waals surface area contributed by atoms with Crippen molar-refractivity contribution in [3.63, 3.8) is 0 Å². The Balaban J connectivity index is 3.42. The summed E-state index contributed by atoms with van der Waals surface area (Å²) < 4.78 is 61.1. The van der Waals surface area contributed by atoms with E-state index in [1.54, 1.807) is 0 Å². The zero-order valence-corrected chi connectivity index (χ0v) is 7.70. The summed E-state index contributed by atoms with van der Waals surface area (Å²) in [7, 11) is 0. The molecular formula is C7H4ClF5N2. The molecule has 0 amide bonds. The van der Waals surface area contributed by atoms with E-state index in [-0.39, 0.29) is 0 Å². The molecule has 1 aromatic heterocycles. The van der Waals surface area contributed by atoms with E-state index in [1.165, 1.54) is 0 Å². The van der Waals surface area contributed by atoms with Gasteiger partial charge in [-0.25, -0.2) is 13.8 Å². The quantitative estimate of drug-likeness (QED) is 0.773. The minimum atomic E-state index is -4.98. The van der Waals surface area contributed by atoms with Gasteiger partial charge in [-0.15, -0.1) is 0 Å². The van der Waals surface area contributed by atoms with Gasteiger partial charge >= 0.3 is 6.18 Å². The first-order valence-corrected chi connectivity index (χ1v) is 3.92. The number of hydrogen-bond acceptors (Lipinski definition) is 2. The summed E-state index contributed by atoms with van der Waals surface area (Å²) in [4.78, 5) is 2.81. The Bertz CT molecular complexity index is 376. The first-order chi connectivity index (χ1) is 6.73. The van der Waals surface area contributed by atoms with Gasteiger partial charge in [-0.1, -0.05) is 11.6 Å². The second-order valence-electron chi connectivity index (χ2n) is 2.59. The van der Waals surface area contributed by atoms with Crippen LogP contribution in [0.2, 0.25) is 5.02 Å². The van der Waals surface area contributed by atoms with Gasteiger partial charge in [-0.05, 0) is 6.07 Å². The molecule has 0 unspecified atom stereocenters. The van der Waals surface area contributed by atoms with E-state index in [0.29, 0.717) is 6.07 Å². The first kappa shape index (κ1) is 12.0. The Hall–Kier alpha value is -1.11. The van der Waals surface area contributed by atoms with Crippen molar-refractivity contribution in [3.05, 3.63) is 22.3 Å². The van der Waals surface area contributed by atoms with Crippen molar-refractivity contribution < 1.29 is 22.0 Å². The SMILES string of the molecule is Nc1nc(C(F)(F)F)c(C(F)F)cc1Cl. The van der Waals surface area contributed by atoms with Gasteiger partial charge in [0.25, 0.3) is 6.43 Å². The fourth-order valence-electron chi connectivity index (χ4n) is 0.911. The van der Waals surface area contributed by atoms with E-state index in [2.05, 4.69) is 4.98 Å². The molecule has 0 atom stereocenters. The molecule has 0 bridgehead atoms. The van der Waals surface area contributed by atoms with Gasteiger partial charge in [0, 0.05) is 0 Å². The fraction of sp³-hybridized carbons (Fsp3) is 0.286. The van der Waals surface area contributed by atoms with Crippen molar-refractivity contribution in [2.45, 2.75) is 12.6 Å². The van der Waals surface area contributed by atoms with Gasteiger partial charge in [-0.3, -0.25) is 0 Å². The zero-order valence-electron chi connectivity index (χ0n) is 6.95. The first-order valence-electron chi connectivity index (χ1n) is 3.54. The van der Waals surface area contributed by atoms with Crippen molar-refractivity contribution >= 4 is 17.4 Å². The van der Waals surface area contributed by atoms with Crippen LogP contribution in [0.15, 0.2) is 6.07 Å². The van der Waals surface area contributed by atoms with Crippen molar-refractivity contribution in [3.8, 4) is 0 Å². The Kier molecular flexibility index (Phi) is 3.03. The lowest BCUT2D eigenvalue weighted by Crippen LogP contribution is -2.14. The third-order valence-electron chi connectivity index (χ3n) is 1.54. The van der Waals surface area contributed by atoms with Gasteiger partial charge in [-0.2, -0.15) is 13.2 Å². The predicted octanol–water partition coefficient (Wildman–Crippen LogP) is 3.27. The van der Waals surface area contributed by atoms with Crippen molar-refractivity contribution in [2.24, 2.45) is 0 Å². The Morgan fingerprint density at radius 3 is 2.27 bits per heavy atom. The van der Waals surface area contributed by atoms with E-state index in [0.717, 1.165) is 0 Å². The molecule has 0 spiro atoms. The molecule has 0 saturated heterocycles. The topological polar surface area (TPSA) is 38.9 Å². The fourth-order valence-corrected chi connectivity index (χ4v) is 1.07. The number of alkyl halides is 5. The summed E-state index contributed by atoms with van der Waals surface area (Å²) in [5.74, 6) is -0.631. The van der Waals surface area contributed by atoms with Crippen LogP contribution in [0, 0.1) is 0 Å². The highest BCUT2D eigenvalue weighted by Gasteiger charge is 2.38. The molecule has 2 N–H and O–H groups in total. The molecule has 0 aliphatic rings. The molecule has 8 heteroatoms. The maximum atomic E-state index is 12.2. The van der Waals surface area contributed by atoms with Crippen LogP contribution < -0.4 is 5.73 Å². The van der Waals surface area contributed by atoms with Crippen LogP contribution in [-0.2, 0) is 6.18 Å². The molecule has 0 fully saturated rings. The molecule has 0 radical (unpaired) electrons. The number of pyridine rings is 1. The van der Waals surface area contributed by atoms with E-state index < -0.39 is 34.7 Å². The standard InChI is InChI=1S/C7H4ClF5N2/c8-3-1-2(5(9)10)4(7(11,12)13)15-6(3)14/h1,5H,(H2,14,15). The van der Waals surface area contributed by atoms with Gasteiger partial charge in [0.15, 0.2) is 5.69 Å². The molecule has 0 aliphatic carbocycles. The summed E-state index contributed by atoms with van der Waals surface area (Å²) >= 11 is 5.29.